The van der Waals surface area contributed by atoms with Crippen LogP contribution in [0.3, 0.4) is 0 Å². The van der Waals surface area contributed by atoms with Gasteiger partial charge in [0.1, 0.15) is 17.9 Å². The van der Waals surface area contributed by atoms with E-state index in [9.17, 15) is 34.2 Å². The molecule has 1 saturated carbocycles. The molecule has 5 atom stereocenters. The average Bonchev–Trinajstić information content (AvgIpc) is 3.05. The molecule has 0 aromatic carbocycles. The van der Waals surface area contributed by atoms with Gasteiger partial charge >= 0.3 is 5.97 Å². The van der Waals surface area contributed by atoms with Gasteiger partial charge in [0, 0.05) is 30.6 Å². The van der Waals surface area contributed by atoms with Crippen molar-refractivity contribution in [1.29, 1.82) is 0 Å². The zero-order chi connectivity index (χ0) is 34.5. The maximum atomic E-state index is 13.2. The quantitative estimate of drug-likeness (QED) is 0.148. The molecule has 1 fully saturated rings. The number of fused-ring (bicyclic) bond motifs is 1. The highest BCUT2D eigenvalue weighted by molar-refractivity contribution is 6.48. The van der Waals surface area contributed by atoms with E-state index in [1.807, 2.05) is 0 Å². The van der Waals surface area contributed by atoms with Crippen LogP contribution in [0.4, 0.5) is 0 Å². The third-order valence-electron chi connectivity index (χ3n) is 8.78. The first-order chi connectivity index (χ1) is 22.4. The van der Waals surface area contributed by atoms with Crippen molar-refractivity contribution in [2.75, 3.05) is 7.11 Å². The molecular formula is C36H48N2O9. The fourth-order valence-electron chi connectivity index (χ4n) is 5.81. The standard InChI is InChI=1S/C36H48N2O9/c1-22-14-13-18-27-32(42)28(21-30(40)33(27)43)38-31(41)20-26(46-4)17-11-6-5-7-12-19-29(39)23(2)34(22)47-36(45)24(3)37-35(44)25-15-9-8-10-16-25/h5-7,11-12,14,17,21,23-26,29,34,39,42H,8-10,13,15-16,18-20H2,1-4H3,(H,37,44)(H,38,41)/b6-5+,12-7+,17-11?,22-14-. The second-order valence-electron chi connectivity index (χ2n) is 12.4. The molecule has 0 radical (unpaired) electrons. The highest BCUT2D eigenvalue weighted by Gasteiger charge is 2.33. The lowest BCUT2D eigenvalue weighted by molar-refractivity contribution is -0.155. The molecule has 3 rings (SSSR count). The van der Waals surface area contributed by atoms with Gasteiger partial charge in [0.05, 0.1) is 24.3 Å². The molecule has 0 spiro atoms. The number of Topliss-reactive ketones (excluding diaryl/α,β-unsaturated/α-hetero) is 1. The van der Waals surface area contributed by atoms with Crippen LogP contribution < -0.4 is 10.6 Å². The fourth-order valence-corrected chi connectivity index (χ4v) is 5.81. The van der Waals surface area contributed by atoms with Gasteiger partial charge in [-0.15, -0.1) is 0 Å². The molecule has 11 heteroatoms. The Bertz CT molecular complexity index is 1360. The first-order valence-electron chi connectivity index (χ1n) is 16.3. The maximum Gasteiger partial charge on any atom is 0.328 e. The number of aliphatic hydroxyl groups is 2. The molecule has 1 aliphatic heterocycles. The smallest absolute Gasteiger partial charge is 0.328 e. The SMILES string of the molecule is COC1C=C/C=C/C=C/CC(O)C(C)C(OC(=O)C(C)NC(=O)C2CCCCC2)/C(C)=C\CCC2=C(O)C(=CC(=O)C2=O)NC(=O)C1. The van der Waals surface area contributed by atoms with Gasteiger partial charge in [-0.3, -0.25) is 19.2 Å². The summed E-state index contributed by atoms with van der Waals surface area (Å²) in [6.45, 7) is 5.06. The van der Waals surface area contributed by atoms with E-state index in [2.05, 4.69) is 10.6 Å². The van der Waals surface area contributed by atoms with Crippen LogP contribution in [0.2, 0.25) is 0 Å². The summed E-state index contributed by atoms with van der Waals surface area (Å²) in [5.74, 6) is -4.27. The number of ether oxygens (including phenoxy) is 2. The largest absolute Gasteiger partial charge is 0.505 e. The minimum Gasteiger partial charge on any atom is -0.505 e. The number of hydrogen-bond donors (Lipinski definition) is 4. The summed E-state index contributed by atoms with van der Waals surface area (Å²) in [4.78, 5) is 63.9. The molecule has 47 heavy (non-hydrogen) atoms. The molecule has 2 amide bonds. The van der Waals surface area contributed by atoms with Crippen molar-refractivity contribution in [3.8, 4) is 0 Å². The van der Waals surface area contributed by atoms with Crippen molar-refractivity contribution >= 4 is 29.4 Å². The molecule has 0 aromatic heterocycles. The Kier molecular flexibility index (Phi) is 14.6. The van der Waals surface area contributed by atoms with Crippen LogP contribution in [-0.4, -0.2) is 71.0 Å². The van der Waals surface area contributed by atoms with E-state index in [0.717, 1.165) is 38.2 Å². The van der Waals surface area contributed by atoms with E-state index in [1.54, 1.807) is 63.3 Å². The van der Waals surface area contributed by atoms with Gasteiger partial charge in [0.25, 0.3) is 0 Å². The lowest BCUT2D eigenvalue weighted by Gasteiger charge is -2.30. The van der Waals surface area contributed by atoms with Gasteiger partial charge in [0.15, 0.2) is 0 Å². The van der Waals surface area contributed by atoms with Crippen molar-refractivity contribution in [2.45, 2.75) is 103 Å². The van der Waals surface area contributed by atoms with E-state index in [-0.39, 0.29) is 48.8 Å². The predicted molar refractivity (Wildman–Crippen MR) is 176 cm³/mol. The summed E-state index contributed by atoms with van der Waals surface area (Å²) in [6.07, 6.45) is 15.6. The molecule has 2 bridgehead atoms. The van der Waals surface area contributed by atoms with Gasteiger partial charge in [-0.05, 0) is 51.5 Å². The normalized spacial score (nSPS) is 28.9. The number of nitrogens with one attached hydrogen (secondary N) is 2. The number of amides is 2. The molecule has 3 aliphatic rings. The Labute approximate surface area is 276 Å². The van der Waals surface area contributed by atoms with Crippen LogP contribution >= 0.6 is 0 Å². The van der Waals surface area contributed by atoms with Crippen molar-refractivity contribution in [3.63, 3.8) is 0 Å². The highest BCUT2D eigenvalue weighted by Crippen LogP contribution is 2.27. The molecule has 1 heterocycles. The zero-order valence-electron chi connectivity index (χ0n) is 27.7. The number of ketones is 2. The van der Waals surface area contributed by atoms with Crippen molar-refractivity contribution in [2.24, 2.45) is 11.8 Å². The predicted octanol–water partition coefficient (Wildman–Crippen LogP) is 4.15. The second-order valence-corrected chi connectivity index (χ2v) is 12.4. The van der Waals surface area contributed by atoms with Crippen LogP contribution in [0.25, 0.3) is 0 Å². The Morgan fingerprint density at radius 3 is 2.47 bits per heavy atom. The summed E-state index contributed by atoms with van der Waals surface area (Å²) in [6, 6.07) is -0.907. The molecule has 0 saturated heterocycles. The summed E-state index contributed by atoms with van der Waals surface area (Å²) < 4.78 is 11.3. The van der Waals surface area contributed by atoms with Crippen LogP contribution in [0.15, 0.2) is 71.2 Å². The number of carbonyl (C=O) groups excluding carboxylic acids is 5. The van der Waals surface area contributed by atoms with Crippen LogP contribution in [0, 0.1) is 11.8 Å². The van der Waals surface area contributed by atoms with Gasteiger partial charge in [0.2, 0.25) is 23.4 Å². The molecule has 4 N–H and O–H groups in total. The van der Waals surface area contributed by atoms with Crippen molar-refractivity contribution in [3.05, 3.63) is 71.2 Å². The lowest BCUT2D eigenvalue weighted by Crippen LogP contribution is -2.45. The highest BCUT2D eigenvalue weighted by atomic mass is 16.5. The number of esters is 1. The third-order valence-corrected chi connectivity index (χ3v) is 8.78. The second kappa shape index (κ2) is 18.3. The fraction of sp³-hybridized carbons (Fsp3) is 0.528. The minimum absolute atomic E-state index is 0.0375. The maximum absolute atomic E-state index is 13.2. The summed E-state index contributed by atoms with van der Waals surface area (Å²) in [5, 5.41) is 27.2. The molecule has 11 nitrogen and oxygen atoms in total. The summed E-state index contributed by atoms with van der Waals surface area (Å²) in [7, 11) is 1.45. The number of rotatable bonds is 5. The van der Waals surface area contributed by atoms with Crippen LogP contribution in [0.5, 0.6) is 0 Å². The summed E-state index contributed by atoms with van der Waals surface area (Å²) >= 11 is 0. The minimum atomic E-state index is -0.907. The van der Waals surface area contributed by atoms with Gasteiger partial charge in [-0.2, -0.15) is 0 Å². The molecule has 256 valence electrons. The Balaban J connectivity index is 1.87. The number of carbonyl (C=O) groups is 5. The van der Waals surface area contributed by atoms with E-state index >= 15 is 0 Å². The third kappa shape index (κ3) is 11.0. The first kappa shape index (κ1) is 37.4. The van der Waals surface area contributed by atoms with Crippen LogP contribution in [-0.2, 0) is 33.4 Å². The van der Waals surface area contributed by atoms with Crippen molar-refractivity contribution < 1.29 is 43.7 Å². The van der Waals surface area contributed by atoms with E-state index in [4.69, 9.17) is 9.47 Å². The Hall–Kier alpha value is -4.09. The monoisotopic (exact) mass is 652 g/mol. The number of allylic oxidation sites excluding steroid dienone is 7. The zero-order valence-corrected chi connectivity index (χ0v) is 27.7. The molecule has 5 unspecified atom stereocenters. The van der Waals surface area contributed by atoms with Crippen LogP contribution in [0.1, 0.15) is 78.6 Å². The van der Waals surface area contributed by atoms with E-state index in [1.165, 1.54) is 7.11 Å². The topological polar surface area (TPSA) is 168 Å². The molecule has 0 aromatic rings. The van der Waals surface area contributed by atoms with Gasteiger partial charge in [-0.25, -0.2) is 4.79 Å². The number of methoxy groups -OCH3 is 1. The average molecular weight is 653 g/mol. The lowest BCUT2D eigenvalue weighted by atomic mass is 9.88. The Morgan fingerprint density at radius 1 is 1.06 bits per heavy atom. The van der Waals surface area contributed by atoms with E-state index < -0.39 is 59.5 Å². The molecular weight excluding hydrogens is 604 g/mol. The molecule has 2 aliphatic carbocycles. The van der Waals surface area contributed by atoms with Gasteiger partial charge < -0.3 is 30.3 Å². The van der Waals surface area contributed by atoms with E-state index in [0.29, 0.717) is 5.57 Å². The number of aliphatic hydroxyl groups excluding tert-OH is 2. The summed E-state index contributed by atoms with van der Waals surface area (Å²) in [5.41, 5.74) is 0.264. The van der Waals surface area contributed by atoms with Crippen molar-refractivity contribution in [1.82, 2.24) is 10.6 Å². The first-order valence-corrected chi connectivity index (χ1v) is 16.3. The Morgan fingerprint density at radius 2 is 1.77 bits per heavy atom. The van der Waals surface area contributed by atoms with Gasteiger partial charge in [-0.1, -0.05) is 68.7 Å². The number of hydrogen-bond acceptors (Lipinski definition) is 9.